The number of benzene rings is 2. The van der Waals surface area contributed by atoms with E-state index in [-0.39, 0.29) is 31.6 Å². The second-order valence-electron chi connectivity index (χ2n) is 12.8. The fraction of sp³-hybridized carbons (Fsp3) is 0.350. The Labute approximate surface area is 324 Å². The summed E-state index contributed by atoms with van der Waals surface area (Å²) in [4.78, 5) is 58.1. The predicted octanol–water partition coefficient (Wildman–Crippen LogP) is 4.69. The summed E-state index contributed by atoms with van der Waals surface area (Å²) in [6, 6.07) is 21.5. The molecule has 0 saturated heterocycles. The minimum absolute atomic E-state index is 0.0380. The normalized spacial score (nSPS) is 13.8. The molecule has 3 amide bonds. The number of ether oxygens (including phenoxy) is 2. The van der Waals surface area contributed by atoms with Gasteiger partial charge in [-0.1, -0.05) is 55.1 Å². The molecule has 286 valence electrons. The number of imide groups is 1. The Balaban J connectivity index is 1.25. The third kappa shape index (κ3) is 12.1. The third-order valence-corrected chi connectivity index (χ3v) is 10.9. The van der Waals surface area contributed by atoms with Gasteiger partial charge in [-0.15, -0.1) is 11.8 Å². The van der Waals surface area contributed by atoms with E-state index in [2.05, 4.69) is 15.3 Å². The van der Waals surface area contributed by atoms with Crippen molar-refractivity contribution in [3.05, 3.63) is 119 Å². The van der Waals surface area contributed by atoms with Gasteiger partial charge in [-0.2, -0.15) is 0 Å². The molecule has 2 aromatic carbocycles. The number of hydrogen-bond donors (Lipinski definition) is 3. The first-order chi connectivity index (χ1) is 26.0. The molecular weight excluding hydrogens is 729 g/mol. The predicted molar refractivity (Wildman–Crippen MR) is 210 cm³/mol. The van der Waals surface area contributed by atoms with Crippen molar-refractivity contribution in [2.75, 3.05) is 26.5 Å². The van der Waals surface area contributed by atoms with Gasteiger partial charge in [-0.3, -0.25) is 34.5 Å². The van der Waals surface area contributed by atoms with Gasteiger partial charge in [0.05, 0.1) is 21.4 Å². The standard InChI is InChI=1S/C40H46N4O8S2/c1-5-27-10-16-33(41-20-27)35(47)23-51-31-12-6-28(7-13-31)18-37(54-26-46)38(49)44(3)22-30-11-17-34(42-21-30)36(48)24-52-32-14-8-29(9-15-32)19-40(2,53-4)39(50)43-25-45/h6-17,20-21,25-26,35-37,47-48H,5,18-19,22-24H2,1-4H3,(H,43,45,50). The SMILES string of the molecule is CCc1ccc(C(O)COc2ccc(CC(SC=O)C(=O)N(C)Cc3ccc(C(O)COc4ccc(CC(C)(SC)C(=O)NC=O)cc4)nc3)cc2)nc1. The lowest BCUT2D eigenvalue weighted by molar-refractivity contribution is -0.130. The molecular formula is C40H46N4O8S2. The van der Waals surface area contributed by atoms with Crippen LogP contribution < -0.4 is 14.8 Å². The van der Waals surface area contributed by atoms with E-state index in [0.717, 1.165) is 40.4 Å². The fourth-order valence-electron chi connectivity index (χ4n) is 5.43. The fourth-order valence-corrected chi connectivity index (χ4v) is 6.70. The van der Waals surface area contributed by atoms with Gasteiger partial charge in [0.25, 0.3) is 0 Å². The van der Waals surface area contributed by atoms with E-state index in [1.54, 1.807) is 68.8 Å². The monoisotopic (exact) mass is 774 g/mol. The van der Waals surface area contributed by atoms with Crippen LogP contribution >= 0.6 is 23.5 Å². The number of aromatic nitrogens is 2. The highest BCUT2D eigenvalue weighted by atomic mass is 32.2. The molecule has 0 aliphatic rings. The minimum Gasteiger partial charge on any atom is -0.490 e. The topological polar surface area (TPSA) is 168 Å². The van der Waals surface area contributed by atoms with Crippen molar-refractivity contribution >= 4 is 47.4 Å². The summed E-state index contributed by atoms with van der Waals surface area (Å²) in [5, 5.41) is 22.8. The molecule has 0 fully saturated rings. The summed E-state index contributed by atoms with van der Waals surface area (Å²) in [5.41, 5.74) is 5.17. The third-order valence-electron chi connectivity index (χ3n) is 8.82. The number of nitrogens with zero attached hydrogens (tertiary/aromatic N) is 3. The van der Waals surface area contributed by atoms with Crippen LogP contribution in [0.1, 0.15) is 59.7 Å². The molecule has 0 aliphatic carbocycles. The molecule has 12 nitrogen and oxygen atoms in total. The molecule has 14 heteroatoms. The Morgan fingerprint density at radius 3 is 1.81 bits per heavy atom. The Morgan fingerprint density at radius 2 is 1.35 bits per heavy atom. The maximum Gasteiger partial charge on any atom is 0.242 e. The Bertz CT molecular complexity index is 1810. The zero-order chi connectivity index (χ0) is 39.1. The molecule has 0 radical (unpaired) electrons. The first-order valence-corrected chi connectivity index (χ1v) is 19.5. The van der Waals surface area contributed by atoms with Crippen molar-refractivity contribution in [3.63, 3.8) is 0 Å². The van der Waals surface area contributed by atoms with Crippen LogP contribution in [0.5, 0.6) is 11.5 Å². The minimum atomic E-state index is -1.00. The van der Waals surface area contributed by atoms with Crippen molar-refractivity contribution in [3.8, 4) is 11.5 Å². The summed E-state index contributed by atoms with van der Waals surface area (Å²) in [6.45, 7) is 4.06. The van der Waals surface area contributed by atoms with Crippen LogP contribution in [0, 0.1) is 0 Å². The first-order valence-electron chi connectivity index (χ1n) is 17.3. The zero-order valence-corrected chi connectivity index (χ0v) is 32.3. The van der Waals surface area contributed by atoms with Crippen LogP contribution in [0.15, 0.2) is 85.2 Å². The van der Waals surface area contributed by atoms with Gasteiger partial charge in [-0.05, 0) is 91.1 Å². The van der Waals surface area contributed by atoms with E-state index in [1.165, 1.54) is 16.7 Å². The average molecular weight is 775 g/mol. The van der Waals surface area contributed by atoms with E-state index in [9.17, 15) is 29.4 Å². The number of thioether (sulfide) groups is 2. The maximum absolute atomic E-state index is 13.4. The second kappa shape index (κ2) is 20.6. The molecule has 4 aromatic rings. The molecule has 0 spiro atoms. The number of aryl methyl sites for hydroxylation is 1. The van der Waals surface area contributed by atoms with E-state index in [0.29, 0.717) is 47.8 Å². The Hall–Kier alpha value is -4.76. The number of amides is 3. The van der Waals surface area contributed by atoms with Gasteiger partial charge in [0, 0.05) is 26.0 Å². The molecule has 0 saturated carbocycles. The van der Waals surface area contributed by atoms with Gasteiger partial charge in [0.15, 0.2) is 5.62 Å². The largest absolute Gasteiger partial charge is 0.490 e. The molecule has 4 unspecified atom stereocenters. The smallest absolute Gasteiger partial charge is 0.242 e. The summed E-state index contributed by atoms with van der Waals surface area (Å²) < 4.78 is 10.7. The van der Waals surface area contributed by atoms with Crippen LogP contribution in [0.25, 0.3) is 0 Å². The quantitative estimate of drug-likeness (QED) is 0.100. The van der Waals surface area contributed by atoms with E-state index in [1.807, 2.05) is 43.5 Å². The average Bonchev–Trinajstić information content (AvgIpc) is 3.19. The number of aliphatic hydroxyl groups excluding tert-OH is 2. The summed E-state index contributed by atoms with van der Waals surface area (Å²) in [5.74, 6) is 0.510. The molecule has 0 bridgehead atoms. The highest BCUT2D eigenvalue weighted by Gasteiger charge is 2.32. The Kier molecular flexibility index (Phi) is 16.0. The van der Waals surface area contributed by atoms with Crippen molar-refractivity contribution < 1.29 is 38.9 Å². The molecule has 4 atom stereocenters. The van der Waals surface area contributed by atoms with Crippen LogP contribution in [-0.2, 0) is 45.0 Å². The Morgan fingerprint density at radius 1 is 0.833 bits per heavy atom. The summed E-state index contributed by atoms with van der Waals surface area (Å²) in [7, 11) is 1.66. The van der Waals surface area contributed by atoms with Crippen LogP contribution in [0.3, 0.4) is 0 Å². The second-order valence-corrected chi connectivity index (χ2v) is 15.1. The number of carbonyl (C=O) groups excluding carboxylic acids is 4. The van der Waals surface area contributed by atoms with Crippen molar-refractivity contribution in [1.82, 2.24) is 20.2 Å². The number of rotatable bonds is 21. The molecule has 3 N–H and O–H groups in total. The van der Waals surface area contributed by atoms with Crippen molar-refractivity contribution in [2.24, 2.45) is 0 Å². The zero-order valence-electron chi connectivity index (χ0n) is 30.7. The highest BCUT2D eigenvalue weighted by Crippen LogP contribution is 2.28. The van der Waals surface area contributed by atoms with Gasteiger partial charge in [0.2, 0.25) is 18.2 Å². The molecule has 54 heavy (non-hydrogen) atoms. The number of pyridine rings is 2. The molecule has 0 aliphatic heterocycles. The maximum atomic E-state index is 13.4. The van der Waals surface area contributed by atoms with E-state index < -0.39 is 22.2 Å². The molecule has 2 heterocycles. The van der Waals surface area contributed by atoms with Crippen LogP contribution in [0.2, 0.25) is 0 Å². The lowest BCUT2D eigenvalue weighted by Gasteiger charge is -2.25. The lowest BCUT2D eigenvalue weighted by Crippen LogP contribution is -2.42. The number of aliphatic hydroxyl groups is 2. The summed E-state index contributed by atoms with van der Waals surface area (Å²) in [6.07, 6.45) is 5.26. The van der Waals surface area contributed by atoms with Crippen molar-refractivity contribution in [1.29, 1.82) is 0 Å². The van der Waals surface area contributed by atoms with E-state index in [4.69, 9.17) is 9.47 Å². The molecule has 2 aromatic heterocycles. The highest BCUT2D eigenvalue weighted by molar-refractivity contribution is 8.13. The van der Waals surface area contributed by atoms with Crippen LogP contribution in [0.4, 0.5) is 0 Å². The first kappa shape index (κ1) is 42.0. The van der Waals surface area contributed by atoms with Crippen LogP contribution in [-0.4, -0.2) is 85.4 Å². The van der Waals surface area contributed by atoms with Crippen molar-refractivity contribution in [2.45, 2.75) is 61.9 Å². The van der Waals surface area contributed by atoms with E-state index >= 15 is 0 Å². The van der Waals surface area contributed by atoms with Gasteiger partial charge in [-0.25, -0.2) is 0 Å². The van der Waals surface area contributed by atoms with Gasteiger partial charge < -0.3 is 24.6 Å². The number of carbonyl (C=O) groups is 4. The number of nitrogens with one attached hydrogen (secondary N) is 1. The number of hydrogen-bond acceptors (Lipinski definition) is 12. The van der Waals surface area contributed by atoms with Gasteiger partial charge >= 0.3 is 0 Å². The summed E-state index contributed by atoms with van der Waals surface area (Å²) >= 11 is 2.28. The lowest BCUT2D eigenvalue weighted by atomic mass is 9.99. The molecule has 4 rings (SSSR count). The van der Waals surface area contributed by atoms with Gasteiger partial charge in [0.1, 0.15) is 36.9 Å².